The van der Waals surface area contributed by atoms with E-state index in [0.29, 0.717) is 5.75 Å². The third-order valence-electron chi connectivity index (χ3n) is 4.48. The molecule has 0 radical (unpaired) electrons. The second kappa shape index (κ2) is 6.79. The fraction of sp³-hybridized carbons (Fsp3) is 0.250. The average molecular weight is 322 g/mol. The molecule has 124 valence electrons. The van der Waals surface area contributed by atoms with E-state index < -0.39 is 5.97 Å². The molecule has 2 aromatic carbocycles. The van der Waals surface area contributed by atoms with Gasteiger partial charge in [-0.2, -0.15) is 0 Å². The smallest absolute Gasteiger partial charge is 0.122 e. The molecular weight excluding hydrogens is 302 g/mol. The number of aromatic amines is 1. The summed E-state index contributed by atoms with van der Waals surface area (Å²) in [5.74, 6) is -0.719. The van der Waals surface area contributed by atoms with Crippen LogP contribution in [0.1, 0.15) is 36.0 Å². The predicted molar refractivity (Wildman–Crippen MR) is 92.1 cm³/mol. The highest BCUT2D eigenvalue weighted by Crippen LogP contribution is 2.38. The number of carboxylic acid groups (broad SMARTS) is 1. The molecule has 0 aliphatic rings. The van der Waals surface area contributed by atoms with Crippen molar-refractivity contribution in [3.8, 4) is 5.75 Å². The van der Waals surface area contributed by atoms with Crippen LogP contribution in [0.15, 0.2) is 48.7 Å². The maximum Gasteiger partial charge on any atom is 0.122 e. The summed E-state index contributed by atoms with van der Waals surface area (Å²) >= 11 is 0. The van der Waals surface area contributed by atoms with Gasteiger partial charge in [0.25, 0.3) is 0 Å². The largest absolute Gasteiger partial charge is 0.550 e. The van der Waals surface area contributed by atoms with E-state index in [0.717, 1.165) is 28.5 Å². The minimum absolute atomic E-state index is 0.0936. The molecule has 3 rings (SSSR count). The van der Waals surface area contributed by atoms with Crippen molar-refractivity contribution < 1.29 is 14.6 Å². The quantitative estimate of drug-likeness (QED) is 0.758. The normalized spacial score (nSPS) is 12.2. The molecule has 0 spiro atoms. The minimum atomic E-state index is -1.08. The molecule has 0 aliphatic heterocycles. The zero-order chi connectivity index (χ0) is 17.1. The SMILES string of the molecule is CCc1cccc2c([C@H](CC(=O)[O-])c3ccccc3OC)c[nH]c12. The summed E-state index contributed by atoms with van der Waals surface area (Å²) in [6.45, 7) is 2.11. The van der Waals surface area contributed by atoms with Gasteiger partial charge in [-0.25, -0.2) is 0 Å². The van der Waals surface area contributed by atoms with Gasteiger partial charge in [0.15, 0.2) is 0 Å². The van der Waals surface area contributed by atoms with Crippen LogP contribution in [0.2, 0.25) is 0 Å². The lowest BCUT2D eigenvalue weighted by Gasteiger charge is -2.20. The van der Waals surface area contributed by atoms with Crippen molar-refractivity contribution in [2.75, 3.05) is 7.11 Å². The number of rotatable bonds is 6. The zero-order valence-corrected chi connectivity index (χ0v) is 13.8. The Kier molecular flexibility index (Phi) is 4.56. The number of aryl methyl sites for hydroxylation is 1. The fourth-order valence-electron chi connectivity index (χ4n) is 3.33. The molecule has 1 atom stereocenters. The first kappa shape index (κ1) is 16.1. The average Bonchev–Trinajstić information content (AvgIpc) is 3.03. The Hall–Kier alpha value is -2.75. The third-order valence-corrected chi connectivity index (χ3v) is 4.48. The number of para-hydroxylation sites is 2. The third kappa shape index (κ3) is 2.87. The van der Waals surface area contributed by atoms with Gasteiger partial charge < -0.3 is 19.6 Å². The number of carbonyl (C=O) groups excluding carboxylic acids is 1. The fourth-order valence-corrected chi connectivity index (χ4v) is 3.33. The number of hydrogen-bond donors (Lipinski definition) is 1. The molecule has 0 amide bonds. The summed E-state index contributed by atoms with van der Waals surface area (Å²) in [5, 5.41) is 12.4. The lowest BCUT2D eigenvalue weighted by Crippen LogP contribution is -2.25. The van der Waals surface area contributed by atoms with Crippen molar-refractivity contribution in [3.63, 3.8) is 0 Å². The monoisotopic (exact) mass is 322 g/mol. The van der Waals surface area contributed by atoms with Crippen LogP contribution in [0, 0.1) is 0 Å². The lowest BCUT2D eigenvalue weighted by molar-refractivity contribution is -0.305. The van der Waals surface area contributed by atoms with Crippen molar-refractivity contribution in [1.29, 1.82) is 0 Å². The molecule has 0 unspecified atom stereocenters. The molecule has 4 nitrogen and oxygen atoms in total. The summed E-state index contributed by atoms with van der Waals surface area (Å²) in [5.41, 5.74) is 4.08. The number of fused-ring (bicyclic) bond motifs is 1. The van der Waals surface area contributed by atoms with Crippen LogP contribution in [-0.4, -0.2) is 18.1 Å². The molecule has 1 N–H and O–H groups in total. The first-order valence-corrected chi connectivity index (χ1v) is 8.07. The zero-order valence-electron chi connectivity index (χ0n) is 13.8. The molecule has 4 heteroatoms. The highest BCUT2D eigenvalue weighted by molar-refractivity contribution is 5.87. The van der Waals surface area contributed by atoms with Gasteiger partial charge in [-0.1, -0.05) is 43.3 Å². The first-order chi connectivity index (χ1) is 11.7. The number of carboxylic acids is 1. The number of ether oxygens (including phenoxy) is 1. The number of carbonyl (C=O) groups is 1. The van der Waals surface area contributed by atoms with E-state index >= 15 is 0 Å². The molecule has 0 fully saturated rings. The Bertz CT molecular complexity index is 866. The molecule has 0 aliphatic carbocycles. The number of methoxy groups -OCH3 is 1. The minimum Gasteiger partial charge on any atom is -0.550 e. The Morgan fingerprint density at radius 3 is 2.67 bits per heavy atom. The maximum absolute atomic E-state index is 11.4. The van der Waals surface area contributed by atoms with Crippen LogP contribution in [-0.2, 0) is 11.2 Å². The van der Waals surface area contributed by atoms with E-state index in [9.17, 15) is 9.90 Å². The second-order valence-corrected chi connectivity index (χ2v) is 5.81. The van der Waals surface area contributed by atoms with Crippen molar-refractivity contribution in [1.82, 2.24) is 4.98 Å². The number of H-pyrrole nitrogens is 1. The van der Waals surface area contributed by atoms with Gasteiger partial charge in [0.1, 0.15) is 5.75 Å². The molecule has 3 aromatic rings. The molecule has 0 bridgehead atoms. The van der Waals surface area contributed by atoms with Crippen molar-refractivity contribution in [2.45, 2.75) is 25.7 Å². The number of hydrogen-bond acceptors (Lipinski definition) is 3. The van der Waals surface area contributed by atoms with Gasteiger partial charge in [0, 0.05) is 34.6 Å². The van der Waals surface area contributed by atoms with Crippen LogP contribution < -0.4 is 9.84 Å². The van der Waals surface area contributed by atoms with Crippen LogP contribution >= 0.6 is 0 Å². The van der Waals surface area contributed by atoms with Crippen LogP contribution in [0.4, 0.5) is 0 Å². The molecule has 24 heavy (non-hydrogen) atoms. The first-order valence-electron chi connectivity index (χ1n) is 8.07. The highest BCUT2D eigenvalue weighted by Gasteiger charge is 2.22. The molecule has 0 saturated heterocycles. The maximum atomic E-state index is 11.4. The topological polar surface area (TPSA) is 65.2 Å². The lowest BCUT2D eigenvalue weighted by atomic mass is 9.87. The number of nitrogens with one attached hydrogen (secondary N) is 1. The van der Waals surface area contributed by atoms with E-state index in [4.69, 9.17) is 4.74 Å². The Balaban J connectivity index is 2.19. The van der Waals surface area contributed by atoms with E-state index in [1.165, 1.54) is 5.56 Å². The highest BCUT2D eigenvalue weighted by atomic mass is 16.5. The molecular formula is C20H20NO3-. The molecule has 1 heterocycles. The van der Waals surface area contributed by atoms with E-state index in [-0.39, 0.29) is 12.3 Å². The second-order valence-electron chi connectivity index (χ2n) is 5.81. The Morgan fingerprint density at radius 1 is 1.17 bits per heavy atom. The van der Waals surface area contributed by atoms with Gasteiger partial charge in [0.2, 0.25) is 0 Å². The van der Waals surface area contributed by atoms with E-state index in [2.05, 4.69) is 18.0 Å². The summed E-state index contributed by atoms with van der Waals surface area (Å²) in [7, 11) is 1.60. The summed E-state index contributed by atoms with van der Waals surface area (Å²) in [4.78, 5) is 14.7. The van der Waals surface area contributed by atoms with Crippen LogP contribution in [0.5, 0.6) is 5.75 Å². The van der Waals surface area contributed by atoms with Gasteiger partial charge in [-0.3, -0.25) is 0 Å². The van der Waals surface area contributed by atoms with Crippen LogP contribution in [0.25, 0.3) is 10.9 Å². The van der Waals surface area contributed by atoms with Gasteiger partial charge in [-0.05, 0) is 30.0 Å². The standard InChI is InChI=1S/C20H21NO3/c1-3-13-7-6-9-15-17(12-21-20(13)15)16(11-19(22)23)14-8-4-5-10-18(14)24-2/h4-10,12,16,21H,3,11H2,1-2H3,(H,22,23)/p-1/t16-/m1/s1. The van der Waals surface area contributed by atoms with E-state index in [1.807, 2.05) is 42.6 Å². The van der Waals surface area contributed by atoms with Crippen molar-refractivity contribution in [2.24, 2.45) is 0 Å². The summed E-state index contributed by atoms with van der Waals surface area (Å²) in [6, 6.07) is 13.7. The predicted octanol–water partition coefficient (Wildman–Crippen LogP) is 3.01. The van der Waals surface area contributed by atoms with Crippen molar-refractivity contribution >= 4 is 16.9 Å². The van der Waals surface area contributed by atoms with Gasteiger partial charge in [-0.15, -0.1) is 0 Å². The van der Waals surface area contributed by atoms with Crippen molar-refractivity contribution in [3.05, 3.63) is 65.4 Å². The summed E-state index contributed by atoms with van der Waals surface area (Å²) < 4.78 is 5.44. The number of benzene rings is 2. The summed E-state index contributed by atoms with van der Waals surface area (Å²) in [6.07, 6.45) is 2.73. The van der Waals surface area contributed by atoms with Gasteiger partial charge in [0.05, 0.1) is 7.11 Å². The van der Waals surface area contributed by atoms with Gasteiger partial charge >= 0.3 is 0 Å². The number of aromatic nitrogens is 1. The Labute approximate surface area is 141 Å². The van der Waals surface area contributed by atoms with E-state index in [1.54, 1.807) is 7.11 Å². The Morgan fingerprint density at radius 2 is 1.96 bits per heavy atom. The molecule has 1 aromatic heterocycles. The van der Waals surface area contributed by atoms with Crippen LogP contribution in [0.3, 0.4) is 0 Å². The number of aliphatic carboxylic acids is 1. The molecule has 0 saturated carbocycles.